The number of aromatic nitrogens is 2. The molecule has 0 spiro atoms. The SMILES string of the molecule is CCn1cc(COc2ccc(Br)cc2CO)cn1. The molecule has 1 N–H and O–H groups in total. The molecule has 0 bridgehead atoms. The molecule has 0 fully saturated rings. The van der Waals surface area contributed by atoms with Crippen molar-refractivity contribution in [2.45, 2.75) is 26.7 Å². The van der Waals surface area contributed by atoms with E-state index in [2.05, 4.69) is 21.0 Å². The lowest BCUT2D eigenvalue weighted by atomic mass is 10.2. The highest BCUT2D eigenvalue weighted by Gasteiger charge is 2.05. The molecule has 0 aliphatic carbocycles. The molecule has 0 radical (unpaired) electrons. The number of halogens is 1. The third-order valence-electron chi connectivity index (χ3n) is 2.60. The summed E-state index contributed by atoms with van der Waals surface area (Å²) in [6.45, 7) is 3.30. The molecule has 96 valence electrons. The first-order valence-electron chi connectivity index (χ1n) is 5.76. The average Bonchev–Trinajstić information content (AvgIpc) is 2.85. The molecule has 2 rings (SSSR count). The van der Waals surface area contributed by atoms with Crippen molar-refractivity contribution in [1.29, 1.82) is 0 Å². The predicted octanol–water partition coefficient (Wildman–Crippen LogP) is 2.74. The Labute approximate surface area is 114 Å². The van der Waals surface area contributed by atoms with Crippen LogP contribution in [0.3, 0.4) is 0 Å². The lowest BCUT2D eigenvalue weighted by Crippen LogP contribution is -1.98. The summed E-state index contributed by atoms with van der Waals surface area (Å²) in [5.41, 5.74) is 1.79. The normalized spacial score (nSPS) is 10.6. The van der Waals surface area contributed by atoms with Crippen LogP contribution in [0.5, 0.6) is 5.75 Å². The largest absolute Gasteiger partial charge is 0.488 e. The molecular weight excluding hydrogens is 296 g/mol. The lowest BCUT2D eigenvalue weighted by Gasteiger charge is -2.09. The van der Waals surface area contributed by atoms with E-state index in [1.807, 2.05) is 36.0 Å². The van der Waals surface area contributed by atoms with Crippen molar-refractivity contribution in [2.24, 2.45) is 0 Å². The summed E-state index contributed by atoms with van der Waals surface area (Å²) in [5.74, 6) is 0.699. The number of aliphatic hydroxyl groups excluding tert-OH is 1. The summed E-state index contributed by atoms with van der Waals surface area (Å²) < 4.78 is 8.48. The second kappa shape index (κ2) is 6.02. The first-order chi connectivity index (χ1) is 8.72. The van der Waals surface area contributed by atoms with E-state index < -0.39 is 0 Å². The van der Waals surface area contributed by atoms with Gasteiger partial charge in [-0.05, 0) is 25.1 Å². The van der Waals surface area contributed by atoms with Gasteiger partial charge in [-0.25, -0.2) is 0 Å². The van der Waals surface area contributed by atoms with Gasteiger partial charge < -0.3 is 9.84 Å². The minimum Gasteiger partial charge on any atom is -0.488 e. The molecule has 0 aliphatic heterocycles. The molecule has 0 atom stereocenters. The van der Waals surface area contributed by atoms with E-state index >= 15 is 0 Å². The van der Waals surface area contributed by atoms with Crippen LogP contribution in [0.2, 0.25) is 0 Å². The summed E-state index contributed by atoms with van der Waals surface area (Å²) >= 11 is 3.37. The first-order valence-corrected chi connectivity index (χ1v) is 6.55. The minimum absolute atomic E-state index is 0.0387. The van der Waals surface area contributed by atoms with Gasteiger partial charge in [-0.2, -0.15) is 5.10 Å². The number of nitrogens with zero attached hydrogens (tertiary/aromatic N) is 2. The quantitative estimate of drug-likeness (QED) is 0.923. The highest BCUT2D eigenvalue weighted by Crippen LogP contribution is 2.24. The molecule has 0 amide bonds. The van der Waals surface area contributed by atoms with Crippen LogP contribution in [0.4, 0.5) is 0 Å². The standard InChI is InChI=1S/C13H15BrN2O2/c1-2-16-7-10(6-15-16)9-18-13-4-3-12(14)5-11(13)8-17/h3-7,17H,2,8-9H2,1H3. The predicted molar refractivity (Wildman–Crippen MR) is 72.3 cm³/mol. The molecule has 5 heteroatoms. The van der Waals surface area contributed by atoms with Gasteiger partial charge in [0.2, 0.25) is 0 Å². The third-order valence-corrected chi connectivity index (χ3v) is 3.09. The Bertz CT molecular complexity index is 525. The van der Waals surface area contributed by atoms with Gasteiger partial charge in [-0.3, -0.25) is 4.68 Å². The number of hydrogen-bond donors (Lipinski definition) is 1. The van der Waals surface area contributed by atoms with Crippen LogP contribution >= 0.6 is 15.9 Å². The molecule has 0 aliphatic rings. The molecule has 0 saturated carbocycles. The fourth-order valence-corrected chi connectivity index (χ4v) is 2.04. The third kappa shape index (κ3) is 3.11. The number of benzene rings is 1. The molecule has 4 nitrogen and oxygen atoms in total. The molecule has 0 saturated heterocycles. The number of aryl methyl sites for hydroxylation is 1. The number of ether oxygens (including phenoxy) is 1. The van der Waals surface area contributed by atoms with Gasteiger partial charge >= 0.3 is 0 Å². The Balaban J connectivity index is 2.05. The zero-order valence-electron chi connectivity index (χ0n) is 10.1. The first kappa shape index (κ1) is 13.1. The van der Waals surface area contributed by atoms with Crippen LogP contribution in [0.1, 0.15) is 18.1 Å². The Kier molecular flexibility index (Phi) is 4.38. The Hall–Kier alpha value is -1.33. The van der Waals surface area contributed by atoms with Gasteiger partial charge in [0.15, 0.2) is 0 Å². The summed E-state index contributed by atoms with van der Waals surface area (Å²) in [6.07, 6.45) is 3.75. The molecule has 18 heavy (non-hydrogen) atoms. The van der Waals surface area contributed by atoms with Gasteiger partial charge in [-0.1, -0.05) is 15.9 Å². The van der Waals surface area contributed by atoms with E-state index in [1.54, 1.807) is 6.20 Å². The van der Waals surface area contributed by atoms with Crippen molar-refractivity contribution in [3.63, 3.8) is 0 Å². The average molecular weight is 311 g/mol. The lowest BCUT2D eigenvalue weighted by molar-refractivity contribution is 0.259. The van der Waals surface area contributed by atoms with Crippen molar-refractivity contribution in [3.8, 4) is 5.75 Å². The monoisotopic (exact) mass is 310 g/mol. The highest BCUT2D eigenvalue weighted by molar-refractivity contribution is 9.10. The van der Waals surface area contributed by atoms with Crippen molar-refractivity contribution in [3.05, 3.63) is 46.2 Å². The van der Waals surface area contributed by atoms with E-state index in [9.17, 15) is 5.11 Å². The minimum atomic E-state index is -0.0387. The van der Waals surface area contributed by atoms with Gasteiger partial charge in [0.05, 0.1) is 12.8 Å². The van der Waals surface area contributed by atoms with Crippen LogP contribution in [-0.4, -0.2) is 14.9 Å². The van der Waals surface area contributed by atoms with Crippen molar-refractivity contribution < 1.29 is 9.84 Å². The smallest absolute Gasteiger partial charge is 0.125 e. The van der Waals surface area contributed by atoms with Gasteiger partial charge in [0.1, 0.15) is 12.4 Å². The number of rotatable bonds is 5. The maximum atomic E-state index is 9.26. The van der Waals surface area contributed by atoms with E-state index in [1.165, 1.54) is 0 Å². The van der Waals surface area contributed by atoms with Crippen LogP contribution < -0.4 is 4.74 Å². The maximum absolute atomic E-state index is 9.26. The van der Waals surface area contributed by atoms with Crippen molar-refractivity contribution in [2.75, 3.05) is 0 Å². The van der Waals surface area contributed by atoms with Crippen LogP contribution in [-0.2, 0) is 19.8 Å². The Morgan fingerprint density at radius 1 is 1.44 bits per heavy atom. The fourth-order valence-electron chi connectivity index (χ4n) is 1.63. The molecule has 2 aromatic rings. The zero-order valence-corrected chi connectivity index (χ0v) is 11.7. The molecule has 1 aromatic heterocycles. The second-order valence-electron chi connectivity index (χ2n) is 3.90. The molecule has 0 unspecified atom stereocenters. The summed E-state index contributed by atoms with van der Waals surface area (Å²) in [5, 5.41) is 13.4. The molecule has 1 heterocycles. The Morgan fingerprint density at radius 2 is 2.28 bits per heavy atom. The van der Waals surface area contributed by atoms with E-state index in [4.69, 9.17) is 4.74 Å². The number of hydrogen-bond acceptors (Lipinski definition) is 3. The molecular formula is C13H15BrN2O2. The van der Waals surface area contributed by atoms with Crippen molar-refractivity contribution in [1.82, 2.24) is 9.78 Å². The topological polar surface area (TPSA) is 47.3 Å². The fraction of sp³-hybridized carbons (Fsp3) is 0.308. The number of aliphatic hydroxyl groups is 1. The van der Waals surface area contributed by atoms with Crippen LogP contribution in [0, 0.1) is 0 Å². The van der Waals surface area contributed by atoms with Gasteiger partial charge in [0, 0.05) is 28.3 Å². The van der Waals surface area contributed by atoms with E-state index in [0.717, 1.165) is 22.1 Å². The van der Waals surface area contributed by atoms with Gasteiger partial charge in [-0.15, -0.1) is 0 Å². The Morgan fingerprint density at radius 3 is 2.94 bits per heavy atom. The maximum Gasteiger partial charge on any atom is 0.125 e. The summed E-state index contributed by atoms with van der Waals surface area (Å²) in [7, 11) is 0. The summed E-state index contributed by atoms with van der Waals surface area (Å²) in [4.78, 5) is 0. The zero-order chi connectivity index (χ0) is 13.0. The van der Waals surface area contributed by atoms with Crippen LogP contribution in [0.15, 0.2) is 35.1 Å². The van der Waals surface area contributed by atoms with Crippen molar-refractivity contribution >= 4 is 15.9 Å². The highest BCUT2D eigenvalue weighted by atomic mass is 79.9. The van der Waals surface area contributed by atoms with E-state index in [-0.39, 0.29) is 6.61 Å². The molecule has 1 aromatic carbocycles. The second-order valence-corrected chi connectivity index (χ2v) is 4.82. The van der Waals surface area contributed by atoms with E-state index in [0.29, 0.717) is 12.4 Å². The van der Waals surface area contributed by atoms with Gasteiger partial charge in [0.25, 0.3) is 0 Å². The summed E-state index contributed by atoms with van der Waals surface area (Å²) in [6, 6.07) is 5.59. The van der Waals surface area contributed by atoms with Crippen LogP contribution in [0.25, 0.3) is 0 Å².